The predicted octanol–water partition coefficient (Wildman–Crippen LogP) is 2.47. The Bertz CT molecular complexity index is 546. The van der Waals surface area contributed by atoms with E-state index in [1.54, 1.807) is 24.0 Å². The Labute approximate surface area is 141 Å². The molecule has 0 radical (unpaired) electrons. The van der Waals surface area contributed by atoms with Crippen LogP contribution in [0.25, 0.3) is 0 Å². The maximum atomic E-state index is 12.3. The van der Waals surface area contributed by atoms with Crippen molar-refractivity contribution < 1.29 is 9.59 Å². The molecule has 2 amide bonds. The topological polar surface area (TPSA) is 75.4 Å². The summed E-state index contributed by atoms with van der Waals surface area (Å²) in [6.07, 6.45) is 3.21. The average molecular weight is 346 g/mol. The number of carbonyl (C=O) groups is 2. The van der Waals surface area contributed by atoms with Crippen LogP contribution in [-0.4, -0.2) is 35.8 Å². The number of anilines is 1. The van der Waals surface area contributed by atoms with Crippen LogP contribution in [0, 0.1) is 0 Å². The fourth-order valence-electron chi connectivity index (χ4n) is 2.44. The van der Waals surface area contributed by atoms with Crippen molar-refractivity contribution in [2.24, 2.45) is 0 Å². The van der Waals surface area contributed by atoms with Crippen molar-refractivity contribution in [1.29, 1.82) is 0 Å². The molecule has 1 saturated heterocycles. The Balaban J connectivity index is 0.00000242. The first-order chi connectivity index (χ1) is 9.99. The zero-order valence-electron chi connectivity index (χ0n) is 12.5. The number of amides is 2. The van der Waals surface area contributed by atoms with Crippen molar-refractivity contribution in [2.45, 2.75) is 32.2 Å². The van der Waals surface area contributed by atoms with Gasteiger partial charge in [0.05, 0.1) is 10.6 Å². The maximum Gasteiger partial charge on any atom is 0.253 e. The van der Waals surface area contributed by atoms with E-state index in [1.807, 2.05) is 0 Å². The van der Waals surface area contributed by atoms with Crippen molar-refractivity contribution in [3.63, 3.8) is 0 Å². The second kappa shape index (κ2) is 8.25. The number of nitrogens with zero attached hydrogens (tertiary/aromatic N) is 1. The third-order valence-corrected chi connectivity index (χ3v) is 3.94. The number of halogens is 2. The number of carbonyl (C=O) groups excluding carboxylic acids is 2. The standard InChI is InChI=1S/C15H20ClN3O2.ClH/c1-10(15(21)19-7-3-2-4-8-19)18-14(20)12-6-5-11(17)9-13(12)16;/h5-6,9-10H,2-4,7-8,17H2,1H3,(H,18,20);1H. The van der Waals surface area contributed by atoms with Crippen molar-refractivity contribution in [1.82, 2.24) is 10.2 Å². The van der Waals surface area contributed by atoms with Crippen LogP contribution in [0.5, 0.6) is 0 Å². The summed E-state index contributed by atoms with van der Waals surface area (Å²) in [6, 6.07) is 4.13. The van der Waals surface area contributed by atoms with Gasteiger partial charge in [0.25, 0.3) is 5.91 Å². The van der Waals surface area contributed by atoms with Gasteiger partial charge in [-0.15, -0.1) is 12.4 Å². The first kappa shape index (κ1) is 18.6. The van der Waals surface area contributed by atoms with Crippen molar-refractivity contribution >= 4 is 41.5 Å². The van der Waals surface area contributed by atoms with Gasteiger partial charge in [-0.1, -0.05) is 11.6 Å². The summed E-state index contributed by atoms with van der Waals surface area (Å²) in [5.41, 5.74) is 6.42. The molecule has 122 valence electrons. The molecule has 1 unspecified atom stereocenters. The minimum Gasteiger partial charge on any atom is -0.399 e. The van der Waals surface area contributed by atoms with E-state index < -0.39 is 6.04 Å². The normalized spacial score (nSPS) is 15.6. The molecule has 1 atom stereocenters. The minimum absolute atomic E-state index is 0. The summed E-state index contributed by atoms with van der Waals surface area (Å²) >= 11 is 6.00. The second-order valence-corrected chi connectivity index (χ2v) is 5.73. The number of piperidine rings is 1. The molecular weight excluding hydrogens is 325 g/mol. The number of nitrogen functional groups attached to an aromatic ring is 1. The highest BCUT2D eigenvalue weighted by Crippen LogP contribution is 2.19. The van der Waals surface area contributed by atoms with Gasteiger partial charge >= 0.3 is 0 Å². The number of hydrogen-bond acceptors (Lipinski definition) is 3. The monoisotopic (exact) mass is 345 g/mol. The molecule has 0 spiro atoms. The third kappa shape index (κ3) is 4.52. The molecular formula is C15H21Cl2N3O2. The van der Waals surface area contributed by atoms with Gasteiger partial charge in [-0.3, -0.25) is 9.59 Å². The van der Waals surface area contributed by atoms with Crippen molar-refractivity contribution in [2.75, 3.05) is 18.8 Å². The van der Waals surface area contributed by atoms with E-state index in [2.05, 4.69) is 5.32 Å². The lowest BCUT2D eigenvalue weighted by Gasteiger charge is -2.29. The third-order valence-electron chi connectivity index (χ3n) is 3.62. The smallest absolute Gasteiger partial charge is 0.253 e. The molecule has 1 heterocycles. The summed E-state index contributed by atoms with van der Waals surface area (Å²) in [7, 11) is 0. The highest BCUT2D eigenvalue weighted by molar-refractivity contribution is 6.34. The number of likely N-dealkylation sites (tertiary alicyclic amines) is 1. The molecule has 1 aromatic carbocycles. The number of nitrogens with two attached hydrogens (primary N) is 1. The highest BCUT2D eigenvalue weighted by Gasteiger charge is 2.24. The Kier molecular flexibility index (Phi) is 6.97. The molecule has 0 bridgehead atoms. The van der Waals surface area contributed by atoms with E-state index in [0.717, 1.165) is 32.4 Å². The van der Waals surface area contributed by atoms with E-state index in [9.17, 15) is 9.59 Å². The van der Waals surface area contributed by atoms with Gasteiger partial charge < -0.3 is 16.0 Å². The molecule has 2 rings (SSSR count). The Morgan fingerprint density at radius 2 is 1.91 bits per heavy atom. The van der Waals surface area contributed by atoms with Gasteiger partial charge in [-0.2, -0.15) is 0 Å². The van der Waals surface area contributed by atoms with E-state index in [-0.39, 0.29) is 29.2 Å². The SMILES string of the molecule is CC(NC(=O)c1ccc(N)cc1Cl)C(=O)N1CCCCC1.Cl. The molecule has 5 nitrogen and oxygen atoms in total. The van der Waals surface area contributed by atoms with Gasteiger partial charge in [0, 0.05) is 18.8 Å². The zero-order chi connectivity index (χ0) is 15.4. The van der Waals surface area contributed by atoms with Gasteiger partial charge in [-0.05, 0) is 44.4 Å². The van der Waals surface area contributed by atoms with Gasteiger partial charge in [-0.25, -0.2) is 0 Å². The summed E-state index contributed by atoms with van der Waals surface area (Å²) in [5, 5.41) is 2.98. The van der Waals surface area contributed by atoms with E-state index in [4.69, 9.17) is 17.3 Å². The zero-order valence-corrected chi connectivity index (χ0v) is 14.0. The number of benzene rings is 1. The van der Waals surface area contributed by atoms with Gasteiger partial charge in [0.2, 0.25) is 5.91 Å². The highest BCUT2D eigenvalue weighted by atomic mass is 35.5. The Morgan fingerprint density at radius 3 is 2.50 bits per heavy atom. The van der Waals surface area contributed by atoms with Gasteiger partial charge in [0.1, 0.15) is 6.04 Å². The Morgan fingerprint density at radius 1 is 1.27 bits per heavy atom. The summed E-state index contributed by atoms with van der Waals surface area (Å²) in [4.78, 5) is 26.2. The predicted molar refractivity (Wildman–Crippen MR) is 90.5 cm³/mol. The second-order valence-electron chi connectivity index (χ2n) is 5.32. The van der Waals surface area contributed by atoms with Crippen LogP contribution in [-0.2, 0) is 4.79 Å². The van der Waals surface area contributed by atoms with Crippen LogP contribution in [0.15, 0.2) is 18.2 Å². The van der Waals surface area contributed by atoms with E-state index in [0.29, 0.717) is 11.3 Å². The lowest BCUT2D eigenvalue weighted by Crippen LogP contribution is -2.48. The summed E-state index contributed by atoms with van der Waals surface area (Å²) in [5.74, 6) is -0.410. The minimum atomic E-state index is -0.566. The summed E-state index contributed by atoms with van der Waals surface area (Å²) in [6.45, 7) is 3.23. The van der Waals surface area contributed by atoms with Crippen LogP contribution in [0.4, 0.5) is 5.69 Å². The van der Waals surface area contributed by atoms with Crippen LogP contribution in [0.1, 0.15) is 36.5 Å². The fraction of sp³-hybridized carbons (Fsp3) is 0.467. The molecule has 0 aromatic heterocycles. The fourth-order valence-corrected chi connectivity index (χ4v) is 2.71. The lowest BCUT2D eigenvalue weighted by molar-refractivity contribution is -0.133. The number of rotatable bonds is 3. The molecule has 1 aromatic rings. The van der Waals surface area contributed by atoms with Gasteiger partial charge in [0.15, 0.2) is 0 Å². The maximum absolute atomic E-state index is 12.3. The van der Waals surface area contributed by atoms with Crippen LogP contribution >= 0.6 is 24.0 Å². The molecule has 22 heavy (non-hydrogen) atoms. The van der Waals surface area contributed by atoms with Crippen molar-refractivity contribution in [3.8, 4) is 0 Å². The first-order valence-electron chi connectivity index (χ1n) is 7.13. The molecule has 0 saturated carbocycles. The van der Waals surface area contributed by atoms with Crippen LogP contribution < -0.4 is 11.1 Å². The molecule has 7 heteroatoms. The quantitative estimate of drug-likeness (QED) is 0.826. The van der Waals surface area contributed by atoms with E-state index in [1.165, 1.54) is 6.07 Å². The van der Waals surface area contributed by atoms with E-state index >= 15 is 0 Å². The van der Waals surface area contributed by atoms with Crippen LogP contribution in [0.3, 0.4) is 0 Å². The molecule has 0 aliphatic carbocycles. The van der Waals surface area contributed by atoms with Crippen molar-refractivity contribution in [3.05, 3.63) is 28.8 Å². The molecule has 1 aliphatic heterocycles. The lowest BCUT2D eigenvalue weighted by atomic mass is 10.1. The molecule has 1 fully saturated rings. The Hall–Kier alpha value is -1.46. The van der Waals surface area contributed by atoms with Crippen LogP contribution in [0.2, 0.25) is 5.02 Å². The molecule has 3 N–H and O–H groups in total. The number of hydrogen-bond donors (Lipinski definition) is 2. The first-order valence-corrected chi connectivity index (χ1v) is 7.51. The summed E-state index contributed by atoms with van der Waals surface area (Å²) < 4.78 is 0. The largest absolute Gasteiger partial charge is 0.399 e. The average Bonchev–Trinajstić information content (AvgIpc) is 2.47. The molecule has 1 aliphatic rings. The number of nitrogens with one attached hydrogen (secondary N) is 1.